The van der Waals surface area contributed by atoms with Crippen molar-refractivity contribution in [2.24, 2.45) is 0 Å². The molecule has 2 N–H and O–H groups in total. The fourth-order valence-corrected chi connectivity index (χ4v) is 4.66. The highest BCUT2D eigenvalue weighted by Crippen LogP contribution is 2.22. The topological polar surface area (TPSA) is 87.7 Å². The Bertz CT molecular complexity index is 921. The average Bonchev–Trinajstić information content (AvgIpc) is 3.28. The van der Waals surface area contributed by atoms with Gasteiger partial charge < -0.3 is 15.4 Å². The fourth-order valence-electron chi connectivity index (χ4n) is 3.15. The molecule has 2 aromatic rings. The molecule has 0 radical (unpaired) electrons. The van der Waals surface area contributed by atoms with Crippen LogP contribution in [0.15, 0.2) is 53.4 Å². The number of rotatable bonds is 8. The van der Waals surface area contributed by atoms with Crippen LogP contribution in [0.2, 0.25) is 0 Å². The largest absolute Gasteiger partial charge is 0.497 e. The molecule has 1 aliphatic heterocycles. The zero-order valence-electron chi connectivity index (χ0n) is 16.7. The highest BCUT2D eigenvalue weighted by atomic mass is 32.2. The lowest BCUT2D eigenvalue weighted by Crippen LogP contribution is -2.37. The SMILES string of the molecule is COc1ccc(CN[C@@H](C)C(=O)Nc2ccc(S(=O)(=O)N3CCCC3)cc2)cc1. The van der Waals surface area contributed by atoms with Gasteiger partial charge in [-0.25, -0.2) is 8.42 Å². The van der Waals surface area contributed by atoms with Gasteiger partial charge in [-0.05, 0) is 61.7 Å². The third-order valence-electron chi connectivity index (χ3n) is 4.99. The van der Waals surface area contributed by atoms with Gasteiger partial charge in [0.15, 0.2) is 0 Å². The van der Waals surface area contributed by atoms with E-state index in [1.165, 1.54) is 4.31 Å². The Kier molecular flexibility index (Phi) is 6.89. The van der Waals surface area contributed by atoms with Gasteiger partial charge in [-0.1, -0.05) is 12.1 Å². The summed E-state index contributed by atoms with van der Waals surface area (Å²) in [4.78, 5) is 12.7. The molecule has 1 fully saturated rings. The number of benzene rings is 2. The average molecular weight is 418 g/mol. The van der Waals surface area contributed by atoms with Gasteiger partial charge in [0.05, 0.1) is 18.0 Å². The Labute approximate surface area is 172 Å². The van der Waals surface area contributed by atoms with Crippen molar-refractivity contribution in [3.63, 3.8) is 0 Å². The van der Waals surface area contributed by atoms with Crippen LogP contribution in [0, 0.1) is 0 Å². The maximum atomic E-state index is 12.6. The molecule has 0 aliphatic carbocycles. The minimum atomic E-state index is -3.45. The lowest BCUT2D eigenvalue weighted by molar-refractivity contribution is -0.117. The molecule has 7 nitrogen and oxygen atoms in total. The molecule has 1 heterocycles. The second-order valence-corrected chi connectivity index (χ2v) is 9.01. The van der Waals surface area contributed by atoms with Crippen LogP contribution in [0.1, 0.15) is 25.3 Å². The first kappa shape index (κ1) is 21.3. The highest BCUT2D eigenvalue weighted by Gasteiger charge is 2.27. The molecule has 8 heteroatoms. The van der Waals surface area contributed by atoms with E-state index in [9.17, 15) is 13.2 Å². The Hall–Kier alpha value is -2.42. The van der Waals surface area contributed by atoms with Gasteiger partial charge in [-0.3, -0.25) is 4.79 Å². The number of anilines is 1. The first-order chi connectivity index (χ1) is 13.9. The molecule has 156 valence electrons. The molecule has 1 atom stereocenters. The normalized spacial score (nSPS) is 15.8. The minimum absolute atomic E-state index is 0.186. The third kappa shape index (κ3) is 5.35. The number of sulfonamides is 1. The highest BCUT2D eigenvalue weighted by molar-refractivity contribution is 7.89. The maximum absolute atomic E-state index is 12.6. The lowest BCUT2D eigenvalue weighted by Gasteiger charge is -2.16. The van der Waals surface area contributed by atoms with E-state index in [1.54, 1.807) is 38.3 Å². The fraction of sp³-hybridized carbons (Fsp3) is 0.381. The quantitative estimate of drug-likeness (QED) is 0.689. The molecule has 0 saturated carbocycles. The molecule has 0 spiro atoms. The molecule has 1 saturated heterocycles. The number of hydrogen-bond acceptors (Lipinski definition) is 5. The van der Waals surface area contributed by atoms with Gasteiger partial charge in [-0.2, -0.15) is 4.31 Å². The van der Waals surface area contributed by atoms with E-state index < -0.39 is 16.1 Å². The van der Waals surface area contributed by atoms with Gasteiger partial charge in [0.1, 0.15) is 5.75 Å². The lowest BCUT2D eigenvalue weighted by atomic mass is 10.2. The zero-order valence-corrected chi connectivity index (χ0v) is 17.5. The number of nitrogens with zero attached hydrogens (tertiary/aromatic N) is 1. The van der Waals surface area contributed by atoms with Gasteiger partial charge in [0, 0.05) is 25.3 Å². The van der Waals surface area contributed by atoms with Gasteiger partial charge in [0.25, 0.3) is 0 Å². The first-order valence-electron chi connectivity index (χ1n) is 9.67. The van der Waals surface area contributed by atoms with E-state index in [1.807, 2.05) is 24.3 Å². The van der Waals surface area contributed by atoms with E-state index in [2.05, 4.69) is 10.6 Å². The summed E-state index contributed by atoms with van der Waals surface area (Å²) in [5.41, 5.74) is 1.61. The number of carbonyl (C=O) groups excluding carboxylic acids is 1. The molecule has 0 aromatic heterocycles. The summed E-state index contributed by atoms with van der Waals surface area (Å²) in [6, 6.07) is 13.5. The third-order valence-corrected chi connectivity index (χ3v) is 6.90. The standard InChI is InChI=1S/C21H27N3O4S/c1-16(22-15-17-5-9-19(28-2)10-6-17)21(25)23-18-7-11-20(12-8-18)29(26,27)24-13-3-4-14-24/h5-12,16,22H,3-4,13-15H2,1-2H3,(H,23,25)/t16-/m0/s1. The van der Waals surface area contributed by atoms with Crippen LogP contribution in [0.5, 0.6) is 5.75 Å². The van der Waals surface area contributed by atoms with Crippen molar-refractivity contribution in [3.8, 4) is 5.75 Å². The molecular formula is C21H27N3O4S. The molecule has 2 aromatic carbocycles. The smallest absolute Gasteiger partial charge is 0.243 e. The minimum Gasteiger partial charge on any atom is -0.497 e. The summed E-state index contributed by atoms with van der Waals surface area (Å²) < 4.78 is 31.8. The summed E-state index contributed by atoms with van der Waals surface area (Å²) in [5, 5.41) is 5.99. The van der Waals surface area contributed by atoms with Crippen LogP contribution in [0.3, 0.4) is 0 Å². The Morgan fingerprint density at radius 2 is 1.69 bits per heavy atom. The summed E-state index contributed by atoms with van der Waals surface area (Å²) in [7, 11) is -1.83. The van der Waals surface area contributed by atoms with E-state index in [0.29, 0.717) is 25.3 Å². The van der Waals surface area contributed by atoms with E-state index in [4.69, 9.17) is 4.74 Å². The molecule has 0 bridgehead atoms. The number of methoxy groups -OCH3 is 1. The predicted molar refractivity (Wildman–Crippen MR) is 112 cm³/mol. The molecule has 1 aliphatic rings. The molecule has 0 unspecified atom stereocenters. The van der Waals surface area contributed by atoms with Crippen molar-refractivity contribution in [3.05, 3.63) is 54.1 Å². The first-order valence-corrected chi connectivity index (χ1v) is 11.1. The second kappa shape index (κ2) is 9.39. The van der Waals surface area contributed by atoms with Gasteiger partial charge in [0.2, 0.25) is 15.9 Å². The van der Waals surface area contributed by atoms with Gasteiger partial charge >= 0.3 is 0 Å². The van der Waals surface area contributed by atoms with Crippen LogP contribution >= 0.6 is 0 Å². The van der Waals surface area contributed by atoms with Crippen molar-refractivity contribution in [2.75, 3.05) is 25.5 Å². The molecule has 29 heavy (non-hydrogen) atoms. The number of carbonyl (C=O) groups is 1. The van der Waals surface area contributed by atoms with Crippen molar-refractivity contribution in [2.45, 2.75) is 37.2 Å². The van der Waals surface area contributed by atoms with Crippen LogP contribution in [0.25, 0.3) is 0 Å². The monoisotopic (exact) mass is 417 g/mol. The zero-order chi connectivity index (χ0) is 20.9. The van der Waals surface area contributed by atoms with Crippen LogP contribution in [0.4, 0.5) is 5.69 Å². The summed E-state index contributed by atoms with van der Waals surface area (Å²) >= 11 is 0. The predicted octanol–water partition coefficient (Wildman–Crippen LogP) is 2.60. The Morgan fingerprint density at radius 1 is 1.07 bits per heavy atom. The van der Waals surface area contributed by atoms with Crippen molar-refractivity contribution in [1.82, 2.24) is 9.62 Å². The number of ether oxygens (including phenoxy) is 1. The van der Waals surface area contributed by atoms with Crippen molar-refractivity contribution in [1.29, 1.82) is 0 Å². The molecular weight excluding hydrogens is 390 g/mol. The van der Waals surface area contributed by atoms with Gasteiger partial charge in [-0.15, -0.1) is 0 Å². The van der Waals surface area contributed by atoms with Crippen molar-refractivity contribution < 1.29 is 17.9 Å². The van der Waals surface area contributed by atoms with E-state index >= 15 is 0 Å². The van der Waals surface area contributed by atoms with Crippen LogP contribution < -0.4 is 15.4 Å². The second-order valence-electron chi connectivity index (χ2n) is 7.08. The maximum Gasteiger partial charge on any atom is 0.243 e. The number of hydrogen-bond donors (Lipinski definition) is 2. The summed E-state index contributed by atoms with van der Waals surface area (Å²) in [5.74, 6) is 0.600. The van der Waals surface area contributed by atoms with Crippen LogP contribution in [-0.2, 0) is 21.4 Å². The Morgan fingerprint density at radius 3 is 2.28 bits per heavy atom. The summed E-state index contributed by atoms with van der Waals surface area (Å²) in [6.07, 6.45) is 1.80. The van der Waals surface area contributed by atoms with E-state index in [0.717, 1.165) is 24.2 Å². The Balaban J connectivity index is 1.54. The molecule has 1 amide bonds. The van der Waals surface area contributed by atoms with Crippen molar-refractivity contribution >= 4 is 21.6 Å². The number of amides is 1. The van der Waals surface area contributed by atoms with Crippen LogP contribution in [-0.4, -0.2) is 44.9 Å². The molecule has 3 rings (SSSR count). The van der Waals surface area contributed by atoms with E-state index in [-0.39, 0.29) is 10.8 Å². The summed E-state index contributed by atoms with van der Waals surface area (Å²) in [6.45, 7) is 3.47. The number of nitrogens with one attached hydrogen (secondary N) is 2.